The topological polar surface area (TPSA) is 105 Å². The van der Waals surface area contributed by atoms with Crippen LogP contribution in [-0.4, -0.2) is 42.3 Å². The molecule has 1 fully saturated rings. The molecule has 4 rings (SSSR count). The second kappa shape index (κ2) is 10.1. The Morgan fingerprint density at radius 2 is 1.70 bits per heavy atom. The van der Waals surface area contributed by atoms with Crippen molar-refractivity contribution in [2.24, 2.45) is 11.8 Å². The lowest BCUT2D eigenvalue weighted by Crippen LogP contribution is -2.47. The van der Waals surface area contributed by atoms with Gasteiger partial charge in [0.05, 0.1) is 5.92 Å². The van der Waals surface area contributed by atoms with E-state index < -0.39 is 18.1 Å². The molecule has 2 aliphatic rings. The predicted octanol–water partition coefficient (Wildman–Crippen LogP) is 3.92. The number of carbonyl (C=O) groups excluding carboxylic acids is 2. The fraction of sp³-hybridized carbons (Fsp3) is 0.423. The van der Waals surface area contributed by atoms with Crippen LogP contribution in [0.3, 0.4) is 0 Å². The van der Waals surface area contributed by atoms with Crippen molar-refractivity contribution < 1.29 is 24.2 Å². The molecule has 2 amide bonds. The summed E-state index contributed by atoms with van der Waals surface area (Å²) in [4.78, 5) is 36.2. The van der Waals surface area contributed by atoms with Gasteiger partial charge in [-0.2, -0.15) is 0 Å². The van der Waals surface area contributed by atoms with Crippen LogP contribution >= 0.6 is 0 Å². The van der Waals surface area contributed by atoms with E-state index in [0.29, 0.717) is 19.4 Å². The molecule has 0 aromatic heterocycles. The standard InChI is InChI=1S/C26H30N2O5/c1-2-3-12-23(24(29)27-14-16-13-21(16)25(30)31)28-26(32)33-15-22-19-10-6-4-8-17(19)18-9-5-7-11-20(18)22/h4-11,16,21-23H,2-3,12-15H2,1H3,(H,27,29)(H,28,32)(H,30,31)/t16-,21-,23+/m1/s1. The Balaban J connectivity index is 1.34. The quantitative estimate of drug-likeness (QED) is 0.509. The Bertz CT molecular complexity index is 991. The zero-order valence-electron chi connectivity index (χ0n) is 18.8. The molecule has 0 unspecified atom stereocenters. The predicted molar refractivity (Wildman–Crippen MR) is 124 cm³/mol. The van der Waals surface area contributed by atoms with Crippen molar-refractivity contribution in [3.05, 3.63) is 59.7 Å². The van der Waals surface area contributed by atoms with E-state index in [1.807, 2.05) is 31.2 Å². The molecular formula is C26H30N2O5. The lowest BCUT2D eigenvalue weighted by Gasteiger charge is -2.19. The molecule has 1 saturated carbocycles. The van der Waals surface area contributed by atoms with E-state index in [0.717, 1.165) is 35.1 Å². The molecular weight excluding hydrogens is 420 g/mol. The Morgan fingerprint density at radius 3 is 2.27 bits per heavy atom. The average molecular weight is 451 g/mol. The maximum absolute atomic E-state index is 12.7. The monoisotopic (exact) mass is 450 g/mol. The average Bonchev–Trinajstić information content (AvgIpc) is 3.54. The first kappa shape index (κ1) is 22.8. The van der Waals surface area contributed by atoms with Crippen LogP contribution in [0.25, 0.3) is 11.1 Å². The lowest BCUT2D eigenvalue weighted by molar-refractivity contribution is -0.139. The number of hydrogen-bond acceptors (Lipinski definition) is 4. The third-order valence-corrected chi connectivity index (χ3v) is 6.58. The van der Waals surface area contributed by atoms with E-state index in [1.54, 1.807) is 0 Å². The van der Waals surface area contributed by atoms with Gasteiger partial charge < -0.3 is 20.5 Å². The van der Waals surface area contributed by atoms with Gasteiger partial charge >= 0.3 is 12.1 Å². The highest BCUT2D eigenvalue weighted by atomic mass is 16.5. The molecule has 2 aromatic carbocycles. The molecule has 3 atom stereocenters. The number of aliphatic carboxylic acids is 1. The van der Waals surface area contributed by atoms with Crippen molar-refractivity contribution in [1.29, 1.82) is 0 Å². The van der Waals surface area contributed by atoms with Gasteiger partial charge in [0, 0.05) is 12.5 Å². The first-order chi connectivity index (χ1) is 16.0. The molecule has 174 valence electrons. The number of carboxylic acid groups (broad SMARTS) is 1. The van der Waals surface area contributed by atoms with Gasteiger partial charge in [-0.3, -0.25) is 9.59 Å². The number of fused-ring (bicyclic) bond motifs is 3. The number of unbranched alkanes of at least 4 members (excludes halogenated alkanes) is 1. The minimum Gasteiger partial charge on any atom is -0.481 e. The van der Waals surface area contributed by atoms with Crippen molar-refractivity contribution in [3.8, 4) is 11.1 Å². The summed E-state index contributed by atoms with van der Waals surface area (Å²) in [7, 11) is 0. The van der Waals surface area contributed by atoms with Gasteiger partial charge in [-0.1, -0.05) is 68.3 Å². The number of nitrogens with one attached hydrogen (secondary N) is 2. The van der Waals surface area contributed by atoms with Gasteiger partial charge in [0.1, 0.15) is 12.6 Å². The van der Waals surface area contributed by atoms with Gasteiger partial charge in [0.2, 0.25) is 5.91 Å². The van der Waals surface area contributed by atoms with Crippen LogP contribution in [0.1, 0.15) is 49.7 Å². The van der Waals surface area contributed by atoms with Crippen molar-refractivity contribution in [2.45, 2.75) is 44.6 Å². The smallest absolute Gasteiger partial charge is 0.407 e. The van der Waals surface area contributed by atoms with Crippen LogP contribution in [0.15, 0.2) is 48.5 Å². The van der Waals surface area contributed by atoms with Crippen molar-refractivity contribution >= 4 is 18.0 Å². The van der Waals surface area contributed by atoms with Crippen molar-refractivity contribution in [3.63, 3.8) is 0 Å². The van der Waals surface area contributed by atoms with Crippen LogP contribution < -0.4 is 10.6 Å². The number of ether oxygens (including phenoxy) is 1. The van der Waals surface area contributed by atoms with Crippen LogP contribution in [0.4, 0.5) is 4.79 Å². The minimum absolute atomic E-state index is 0.0345. The molecule has 7 nitrogen and oxygen atoms in total. The van der Waals surface area contributed by atoms with Gasteiger partial charge in [-0.05, 0) is 41.0 Å². The first-order valence-corrected chi connectivity index (χ1v) is 11.6. The zero-order valence-corrected chi connectivity index (χ0v) is 18.8. The molecule has 2 aliphatic carbocycles. The number of benzene rings is 2. The summed E-state index contributed by atoms with van der Waals surface area (Å²) < 4.78 is 5.58. The molecule has 0 bridgehead atoms. The largest absolute Gasteiger partial charge is 0.481 e. The Kier molecular flexibility index (Phi) is 6.96. The Labute approximate surface area is 193 Å². The van der Waals surface area contributed by atoms with E-state index in [1.165, 1.54) is 0 Å². The summed E-state index contributed by atoms with van der Waals surface area (Å²) in [6.45, 7) is 2.51. The summed E-state index contributed by atoms with van der Waals surface area (Å²) in [6, 6.07) is 15.5. The summed E-state index contributed by atoms with van der Waals surface area (Å²) in [6.07, 6.45) is 2.13. The summed E-state index contributed by atoms with van der Waals surface area (Å²) in [5.41, 5.74) is 4.57. The number of carbonyl (C=O) groups is 3. The third kappa shape index (κ3) is 5.18. The fourth-order valence-corrected chi connectivity index (χ4v) is 4.59. The second-order valence-corrected chi connectivity index (χ2v) is 8.85. The number of rotatable bonds is 10. The van der Waals surface area contributed by atoms with Crippen LogP contribution in [-0.2, 0) is 14.3 Å². The molecule has 0 spiro atoms. The summed E-state index contributed by atoms with van der Waals surface area (Å²) in [5, 5.41) is 14.5. The fourth-order valence-electron chi connectivity index (χ4n) is 4.59. The van der Waals surface area contributed by atoms with Crippen LogP contribution in [0.5, 0.6) is 0 Å². The zero-order chi connectivity index (χ0) is 23.4. The van der Waals surface area contributed by atoms with Crippen molar-refractivity contribution in [2.75, 3.05) is 13.2 Å². The highest BCUT2D eigenvalue weighted by Crippen LogP contribution is 2.44. The molecule has 0 saturated heterocycles. The third-order valence-electron chi connectivity index (χ3n) is 6.58. The van der Waals surface area contributed by atoms with E-state index in [2.05, 4.69) is 34.9 Å². The SMILES string of the molecule is CCCC[C@H](NC(=O)OCC1c2ccccc2-c2ccccc21)C(=O)NC[C@H]1C[C@H]1C(=O)O. The second-order valence-electron chi connectivity index (χ2n) is 8.85. The van der Waals surface area contributed by atoms with E-state index in [4.69, 9.17) is 9.84 Å². The Hall–Kier alpha value is -3.35. The molecule has 0 aliphatic heterocycles. The van der Waals surface area contributed by atoms with Gasteiger partial charge in [0.25, 0.3) is 0 Å². The van der Waals surface area contributed by atoms with Gasteiger partial charge in [-0.15, -0.1) is 0 Å². The molecule has 0 heterocycles. The van der Waals surface area contributed by atoms with E-state index in [-0.39, 0.29) is 30.3 Å². The van der Waals surface area contributed by atoms with E-state index in [9.17, 15) is 14.4 Å². The van der Waals surface area contributed by atoms with Gasteiger partial charge in [-0.25, -0.2) is 4.79 Å². The maximum atomic E-state index is 12.7. The number of hydrogen-bond donors (Lipinski definition) is 3. The maximum Gasteiger partial charge on any atom is 0.407 e. The minimum atomic E-state index is -0.825. The van der Waals surface area contributed by atoms with Gasteiger partial charge in [0.15, 0.2) is 0 Å². The number of carboxylic acids is 1. The molecule has 33 heavy (non-hydrogen) atoms. The Morgan fingerprint density at radius 1 is 1.06 bits per heavy atom. The number of alkyl carbamates (subject to hydrolysis) is 1. The number of amides is 2. The lowest BCUT2D eigenvalue weighted by atomic mass is 9.98. The normalized spacial score (nSPS) is 19.2. The summed E-state index contributed by atoms with van der Waals surface area (Å²) >= 11 is 0. The van der Waals surface area contributed by atoms with Crippen molar-refractivity contribution in [1.82, 2.24) is 10.6 Å². The molecule has 7 heteroatoms. The van der Waals surface area contributed by atoms with Crippen LogP contribution in [0.2, 0.25) is 0 Å². The first-order valence-electron chi connectivity index (χ1n) is 11.6. The molecule has 0 radical (unpaired) electrons. The highest BCUT2D eigenvalue weighted by molar-refractivity contribution is 5.86. The molecule has 2 aromatic rings. The highest BCUT2D eigenvalue weighted by Gasteiger charge is 2.43. The van der Waals surface area contributed by atoms with E-state index >= 15 is 0 Å². The summed E-state index contributed by atoms with van der Waals surface area (Å²) in [5.74, 6) is -1.59. The van der Waals surface area contributed by atoms with Crippen LogP contribution in [0, 0.1) is 11.8 Å². The molecule has 3 N–H and O–H groups in total.